The number of phenols is 2. The largest absolute Gasteiger partial charge is 0.508 e. The third-order valence-electron chi connectivity index (χ3n) is 9.32. The number of hydrogen-bond donors (Lipinski definition) is 12. The van der Waals surface area contributed by atoms with Crippen molar-refractivity contribution in [3.05, 3.63) is 46.6 Å². The van der Waals surface area contributed by atoms with Crippen molar-refractivity contribution in [2.24, 2.45) is 0 Å². The predicted octanol–water partition coefficient (Wildman–Crippen LogP) is -3.57. The highest BCUT2D eigenvalue weighted by atomic mass is 16.8. The van der Waals surface area contributed by atoms with E-state index >= 15 is 0 Å². The molecule has 1 aromatic heterocycles. The van der Waals surface area contributed by atoms with Crippen LogP contribution in [-0.2, 0) is 23.7 Å². The Labute approximate surface area is 298 Å². The lowest BCUT2D eigenvalue weighted by molar-refractivity contribution is -0.369. The Kier molecular flexibility index (Phi) is 11.5. The standard InChI is InChI=1S/C33H40O20/c1-10-19(37)25(43)30(53-32-28(46)23(41)20(38)16(8-34)51-32)33(48-10)47-9-17-21(39)24(42)27(45)31(52-17)49-13-4-2-11(3-5-13)29-26(44)22(40)18-14(36)6-12(35)7-15(18)50-29/h2-7,10,16-17,19-21,23-25,27-28,30-39,41-46H,8-9H2,1H3/t10-,16+,17+,19-,20+,21+,23-,24-,25+,27+,28+,30+,31+,32-,33+/m1/s1. The smallest absolute Gasteiger partial charge is 0.238 e. The maximum absolute atomic E-state index is 12.7. The normalized spacial score (nSPS) is 37.8. The van der Waals surface area contributed by atoms with Gasteiger partial charge in [-0.05, 0) is 31.2 Å². The van der Waals surface area contributed by atoms with Gasteiger partial charge in [-0.2, -0.15) is 0 Å². The van der Waals surface area contributed by atoms with Gasteiger partial charge in [-0.3, -0.25) is 4.79 Å². The fourth-order valence-electron chi connectivity index (χ4n) is 6.25. The van der Waals surface area contributed by atoms with E-state index in [4.69, 9.17) is 32.8 Å². The van der Waals surface area contributed by atoms with Crippen LogP contribution in [0.1, 0.15) is 6.92 Å². The van der Waals surface area contributed by atoms with Gasteiger partial charge in [-0.25, -0.2) is 0 Å². The molecule has 3 saturated heterocycles. The van der Waals surface area contributed by atoms with Crippen LogP contribution >= 0.6 is 0 Å². The lowest BCUT2D eigenvalue weighted by atomic mass is 9.97. The van der Waals surface area contributed by atoms with E-state index in [1.54, 1.807) is 0 Å². The molecule has 3 aliphatic heterocycles. The second kappa shape index (κ2) is 15.6. The molecule has 3 aromatic rings. The Morgan fingerprint density at radius 1 is 0.698 bits per heavy atom. The van der Waals surface area contributed by atoms with Crippen LogP contribution in [0.2, 0.25) is 0 Å². The number of aromatic hydroxyl groups is 3. The van der Waals surface area contributed by atoms with Gasteiger partial charge in [-0.1, -0.05) is 0 Å². The lowest BCUT2D eigenvalue weighted by Crippen LogP contribution is -2.64. The first kappa shape index (κ1) is 39.0. The van der Waals surface area contributed by atoms with E-state index in [1.807, 2.05) is 0 Å². The molecule has 3 fully saturated rings. The van der Waals surface area contributed by atoms with Crippen LogP contribution in [-0.4, -0.2) is 167 Å². The summed E-state index contributed by atoms with van der Waals surface area (Å²) in [5.41, 5.74) is -0.993. The molecule has 53 heavy (non-hydrogen) atoms. The van der Waals surface area contributed by atoms with Gasteiger partial charge >= 0.3 is 0 Å². The van der Waals surface area contributed by atoms with Gasteiger partial charge in [0.05, 0.1) is 19.3 Å². The first-order valence-electron chi connectivity index (χ1n) is 16.4. The monoisotopic (exact) mass is 756 g/mol. The topological polar surface area (TPSA) is 328 Å². The quantitative estimate of drug-likeness (QED) is 0.100. The van der Waals surface area contributed by atoms with E-state index in [1.165, 1.54) is 31.2 Å². The van der Waals surface area contributed by atoms with Gasteiger partial charge in [0, 0.05) is 17.7 Å². The van der Waals surface area contributed by atoms with E-state index in [2.05, 4.69) is 0 Å². The zero-order valence-electron chi connectivity index (χ0n) is 27.7. The molecule has 12 N–H and O–H groups in total. The third kappa shape index (κ3) is 7.52. The van der Waals surface area contributed by atoms with Gasteiger partial charge in [-0.15, -0.1) is 0 Å². The van der Waals surface area contributed by atoms with Crippen LogP contribution in [0.25, 0.3) is 22.3 Å². The second-order valence-electron chi connectivity index (χ2n) is 12.9. The summed E-state index contributed by atoms with van der Waals surface area (Å²) in [7, 11) is 0. The average molecular weight is 757 g/mol. The van der Waals surface area contributed by atoms with E-state index < -0.39 is 122 Å². The van der Waals surface area contributed by atoms with Crippen LogP contribution in [0, 0.1) is 0 Å². The van der Waals surface area contributed by atoms with E-state index in [0.717, 1.165) is 12.1 Å². The third-order valence-corrected chi connectivity index (χ3v) is 9.32. The molecule has 3 aliphatic rings. The number of phenolic OH excluding ortho intramolecular Hbond substituents is 2. The number of fused-ring (bicyclic) bond motifs is 1. The van der Waals surface area contributed by atoms with Crippen LogP contribution in [0.4, 0.5) is 0 Å². The van der Waals surface area contributed by atoms with Crippen molar-refractivity contribution in [1.82, 2.24) is 0 Å². The SMILES string of the molecule is C[C@H]1O[C@H](OC[C@@H]2O[C@H](Oc3ccc(-c4oc5cc(O)cc(O)c5c(=O)c4O)cc3)[C@@H](O)[C@H](O)[C@H]2O)[C@@H](O[C@H]2O[C@@H](CO)[C@H](O)[C@@H](O)[C@@H]2O)[C@@H](O)[C@@H]1O. The molecule has 20 nitrogen and oxygen atoms in total. The summed E-state index contributed by atoms with van der Waals surface area (Å²) in [5.74, 6) is -2.07. The molecule has 0 aliphatic carbocycles. The van der Waals surface area contributed by atoms with Crippen molar-refractivity contribution in [2.45, 2.75) is 99.0 Å². The Balaban J connectivity index is 1.15. The van der Waals surface area contributed by atoms with Crippen molar-refractivity contribution in [2.75, 3.05) is 13.2 Å². The molecule has 6 rings (SSSR count). The molecule has 0 unspecified atom stereocenters. The highest BCUT2D eigenvalue weighted by molar-refractivity contribution is 5.88. The molecular weight excluding hydrogens is 716 g/mol. The number of rotatable bonds is 9. The second-order valence-corrected chi connectivity index (χ2v) is 12.9. The molecule has 292 valence electrons. The zero-order chi connectivity index (χ0) is 38.5. The van der Waals surface area contributed by atoms with Crippen molar-refractivity contribution >= 4 is 11.0 Å². The molecule has 0 bridgehead atoms. The van der Waals surface area contributed by atoms with Crippen molar-refractivity contribution in [3.63, 3.8) is 0 Å². The maximum Gasteiger partial charge on any atom is 0.238 e. The van der Waals surface area contributed by atoms with Gasteiger partial charge < -0.3 is 94.1 Å². The molecule has 15 atom stereocenters. The summed E-state index contributed by atoms with van der Waals surface area (Å²) in [6.45, 7) is 0.0289. The van der Waals surface area contributed by atoms with Gasteiger partial charge in [0.2, 0.25) is 17.5 Å². The van der Waals surface area contributed by atoms with Gasteiger partial charge in [0.15, 0.2) is 18.3 Å². The Morgan fingerprint density at radius 2 is 1.32 bits per heavy atom. The van der Waals surface area contributed by atoms with Crippen LogP contribution in [0.3, 0.4) is 0 Å². The summed E-state index contributed by atoms with van der Waals surface area (Å²) >= 11 is 0. The zero-order valence-corrected chi connectivity index (χ0v) is 27.7. The molecule has 0 saturated carbocycles. The summed E-state index contributed by atoms with van der Waals surface area (Å²) in [5, 5.41) is 123. The molecule has 0 spiro atoms. The number of aliphatic hydroxyl groups excluding tert-OH is 9. The minimum absolute atomic E-state index is 0.0357. The number of benzene rings is 2. The van der Waals surface area contributed by atoms with Crippen molar-refractivity contribution < 1.29 is 94.1 Å². The maximum atomic E-state index is 12.7. The highest BCUT2D eigenvalue weighted by Crippen LogP contribution is 2.36. The predicted molar refractivity (Wildman–Crippen MR) is 171 cm³/mol. The molecule has 0 amide bonds. The van der Waals surface area contributed by atoms with Crippen LogP contribution in [0.5, 0.6) is 23.0 Å². The number of aliphatic hydroxyl groups is 9. The summed E-state index contributed by atoms with van der Waals surface area (Å²) in [6, 6.07) is 7.39. The Hall–Kier alpha value is -3.71. The van der Waals surface area contributed by atoms with Crippen molar-refractivity contribution in [3.8, 4) is 34.3 Å². The van der Waals surface area contributed by atoms with Crippen LogP contribution in [0.15, 0.2) is 45.6 Å². The Morgan fingerprint density at radius 3 is 1.98 bits per heavy atom. The molecule has 0 radical (unpaired) electrons. The summed E-state index contributed by atoms with van der Waals surface area (Å²) in [6.07, 6.45) is -24.4. The fraction of sp³-hybridized carbons (Fsp3) is 0.545. The summed E-state index contributed by atoms with van der Waals surface area (Å²) < 4.78 is 39.4. The lowest BCUT2D eigenvalue weighted by Gasteiger charge is -2.46. The molecule has 20 heteroatoms. The summed E-state index contributed by atoms with van der Waals surface area (Å²) in [4.78, 5) is 12.7. The molecular formula is C33H40O20. The molecule has 2 aromatic carbocycles. The minimum Gasteiger partial charge on any atom is -0.508 e. The van der Waals surface area contributed by atoms with E-state index in [-0.39, 0.29) is 33.8 Å². The van der Waals surface area contributed by atoms with Gasteiger partial charge in [0.25, 0.3) is 0 Å². The van der Waals surface area contributed by atoms with Gasteiger partial charge in [0.1, 0.15) is 95.4 Å². The molecule has 4 heterocycles. The first-order valence-corrected chi connectivity index (χ1v) is 16.4. The number of hydrogen-bond acceptors (Lipinski definition) is 20. The Bertz CT molecular complexity index is 1780. The van der Waals surface area contributed by atoms with E-state index in [9.17, 15) is 66.1 Å². The first-order chi connectivity index (χ1) is 25.1. The fourth-order valence-corrected chi connectivity index (χ4v) is 6.25. The van der Waals surface area contributed by atoms with E-state index in [0.29, 0.717) is 0 Å². The van der Waals surface area contributed by atoms with Crippen LogP contribution < -0.4 is 10.2 Å². The average Bonchev–Trinajstić information content (AvgIpc) is 3.13. The minimum atomic E-state index is -1.87. The van der Waals surface area contributed by atoms with Crippen molar-refractivity contribution in [1.29, 1.82) is 0 Å². The number of ether oxygens (including phenoxy) is 6. The highest BCUT2D eigenvalue weighted by Gasteiger charge is 2.51.